The summed E-state index contributed by atoms with van der Waals surface area (Å²) in [5.74, 6) is 1.67. The van der Waals surface area contributed by atoms with E-state index in [-0.39, 0.29) is 5.54 Å². The molecule has 1 fully saturated rings. The lowest BCUT2D eigenvalue weighted by molar-refractivity contribution is 0.317. The number of hydrogen-bond acceptors (Lipinski definition) is 4. The topological polar surface area (TPSA) is 46.0 Å². The Balaban J connectivity index is 1.48. The molecule has 1 aliphatic rings. The van der Waals surface area contributed by atoms with Crippen molar-refractivity contribution >= 4 is 5.82 Å². The average Bonchev–Trinajstić information content (AvgIpc) is 3.15. The van der Waals surface area contributed by atoms with Gasteiger partial charge in [0.05, 0.1) is 11.7 Å². The Kier molecular flexibility index (Phi) is 4.90. The van der Waals surface area contributed by atoms with Gasteiger partial charge in [-0.25, -0.2) is 4.98 Å². The van der Waals surface area contributed by atoms with Gasteiger partial charge in [0.2, 0.25) is 0 Å². The van der Waals surface area contributed by atoms with Crippen LogP contribution in [0, 0.1) is 12.8 Å². The third-order valence-electron chi connectivity index (χ3n) is 4.56. The van der Waals surface area contributed by atoms with Crippen molar-refractivity contribution in [2.45, 2.75) is 46.2 Å². The van der Waals surface area contributed by atoms with Crippen molar-refractivity contribution in [1.82, 2.24) is 19.7 Å². The van der Waals surface area contributed by atoms with Crippen LogP contribution in [-0.4, -0.2) is 39.3 Å². The number of hydrogen-bond donors (Lipinski definition) is 1. The summed E-state index contributed by atoms with van der Waals surface area (Å²) in [7, 11) is 0. The summed E-state index contributed by atoms with van der Waals surface area (Å²) >= 11 is 0. The minimum atomic E-state index is 0.0521. The highest BCUT2D eigenvalue weighted by Gasteiger charge is 2.23. The first-order valence-electron chi connectivity index (χ1n) is 8.84. The van der Waals surface area contributed by atoms with Crippen LogP contribution in [0.5, 0.6) is 0 Å². The molecular formula is C19H29N5. The number of nitrogens with one attached hydrogen (secondary N) is 1. The summed E-state index contributed by atoms with van der Waals surface area (Å²) in [6.07, 6.45) is 5.43. The van der Waals surface area contributed by atoms with Crippen molar-refractivity contribution in [3.8, 4) is 0 Å². The lowest BCUT2D eigenvalue weighted by Crippen LogP contribution is -2.23. The molecule has 1 N–H and O–H groups in total. The van der Waals surface area contributed by atoms with Crippen LogP contribution in [0.15, 0.2) is 30.6 Å². The number of likely N-dealkylation sites (tertiary alicyclic amines) is 1. The summed E-state index contributed by atoms with van der Waals surface area (Å²) in [6, 6.07) is 6.12. The number of aryl methyl sites for hydroxylation is 1. The molecule has 5 heteroatoms. The number of anilines is 1. The van der Waals surface area contributed by atoms with E-state index in [4.69, 9.17) is 0 Å². The molecule has 0 amide bonds. The molecule has 5 nitrogen and oxygen atoms in total. The van der Waals surface area contributed by atoms with Crippen LogP contribution >= 0.6 is 0 Å². The second-order valence-electron chi connectivity index (χ2n) is 7.90. The SMILES string of the molecule is Cc1cccc(NC[C@H]2CCN(Cc3cnn(C(C)(C)C)c3)C2)n1. The summed E-state index contributed by atoms with van der Waals surface area (Å²) in [5.41, 5.74) is 2.42. The van der Waals surface area contributed by atoms with E-state index < -0.39 is 0 Å². The van der Waals surface area contributed by atoms with Gasteiger partial charge >= 0.3 is 0 Å². The zero-order valence-corrected chi connectivity index (χ0v) is 15.3. The fourth-order valence-corrected chi connectivity index (χ4v) is 3.18. The molecule has 3 rings (SSSR count). The fraction of sp³-hybridized carbons (Fsp3) is 0.579. The molecule has 0 aliphatic carbocycles. The van der Waals surface area contributed by atoms with Gasteiger partial charge in [0, 0.05) is 37.1 Å². The molecule has 3 heterocycles. The quantitative estimate of drug-likeness (QED) is 0.915. The first-order chi connectivity index (χ1) is 11.4. The number of nitrogens with zero attached hydrogens (tertiary/aromatic N) is 4. The highest BCUT2D eigenvalue weighted by Crippen LogP contribution is 2.20. The maximum Gasteiger partial charge on any atom is 0.126 e. The number of rotatable bonds is 5. The minimum Gasteiger partial charge on any atom is -0.370 e. The van der Waals surface area contributed by atoms with Gasteiger partial charge in [-0.15, -0.1) is 0 Å². The zero-order valence-electron chi connectivity index (χ0n) is 15.3. The fourth-order valence-electron chi connectivity index (χ4n) is 3.18. The predicted octanol–water partition coefficient (Wildman–Crippen LogP) is 3.28. The first-order valence-corrected chi connectivity index (χ1v) is 8.84. The number of aromatic nitrogens is 3. The lowest BCUT2D eigenvalue weighted by atomic mass is 10.1. The standard InChI is InChI=1S/C19H29N5/c1-15-6-5-7-18(22-15)20-10-16-8-9-23(12-16)13-17-11-21-24(14-17)19(2,3)4/h5-7,11,14,16H,8-10,12-13H2,1-4H3,(H,20,22)/t16-/m1/s1. The van der Waals surface area contributed by atoms with Crippen LogP contribution in [-0.2, 0) is 12.1 Å². The summed E-state index contributed by atoms with van der Waals surface area (Å²) in [6.45, 7) is 12.9. The first kappa shape index (κ1) is 17.0. The smallest absolute Gasteiger partial charge is 0.126 e. The van der Waals surface area contributed by atoms with Gasteiger partial charge in [0.1, 0.15) is 5.82 Å². The van der Waals surface area contributed by atoms with E-state index in [1.54, 1.807) is 0 Å². The second-order valence-corrected chi connectivity index (χ2v) is 7.90. The van der Waals surface area contributed by atoms with E-state index in [0.29, 0.717) is 5.92 Å². The largest absolute Gasteiger partial charge is 0.370 e. The highest BCUT2D eigenvalue weighted by molar-refractivity contribution is 5.35. The van der Waals surface area contributed by atoms with Gasteiger partial charge < -0.3 is 5.32 Å². The predicted molar refractivity (Wildman–Crippen MR) is 98.1 cm³/mol. The molecule has 24 heavy (non-hydrogen) atoms. The van der Waals surface area contributed by atoms with Gasteiger partial charge in [-0.3, -0.25) is 9.58 Å². The van der Waals surface area contributed by atoms with Crippen molar-refractivity contribution in [3.05, 3.63) is 41.9 Å². The van der Waals surface area contributed by atoms with Gasteiger partial charge in [-0.05, 0) is 58.7 Å². The zero-order chi connectivity index (χ0) is 17.2. The molecular weight excluding hydrogens is 298 g/mol. The van der Waals surface area contributed by atoms with Gasteiger partial charge in [0.25, 0.3) is 0 Å². The van der Waals surface area contributed by atoms with E-state index in [1.165, 1.54) is 12.0 Å². The monoisotopic (exact) mass is 327 g/mol. The Labute approximate surface area is 145 Å². The summed E-state index contributed by atoms with van der Waals surface area (Å²) < 4.78 is 2.06. The Morgan fingerprint density at radius 3 is 2.83 bits per heavy atom. The van der Waals surface area contributed by atoms with Gasteiger partial charge in [0.15, 0.2) is 0 Å². The normalized spacial score (nSPS) is 18.9. The molecule has 0 bridgehead atoms. The van der Waals surface area contributed by atoms with Gasteiger partial charge in [-0.2, -0.15) is 5.10 Å². The van der Waals surface area contributed by atoms with Gasteiger partial charge in [-0.1, -0.05) is 6.07 Å². The third kappa shape index (κ3) is 4.35. The molecule has 1 atom stereocenters. The van der Waals surface area contributed by atoms with Crippen molar-refractivity contribution < 1.29 is 0 Å². The summed E-state index contributed by atoms with van der Waals surface area (Å²) in [5, 5.41) is 7.98. The molecule has 1 aliphatic heterocycles. The maximum atomic E-state index is 4.51. The van der Waals surface area contributed by atoms with Crippen LogP contribution in [0.3, 0.4) is 0 Å². The average molecular weight is 327 g/mol. The van der Waals surface area contributed by atoms with Crippen molar-refractivity contribution in [2.24, 2.45) is 5.92 Å². The maximum absolute atomic E-state index is 4.51. The Bertz CT molecular complexity index is 670. The van der Waals surface area contributed by atoms with Crippen LogP contribution < -0.4 is 5.32 Å². The third-order valence-corrected chi connectivity index (χ3v) is 4.56. The lowest BCUT2D eigenvalue weighted by Gasteiger charge is -2.19. The molecule has 0 unspecified atom stereocenters. The molecule has 0 saturated carbocycles. The minimum absolute atomic E-state index is 0.0521. The van der Waals surface area contributed by atoms with Crippen LogP contribution in [0.2, 0.25) is 0 Å². The van der Waals surface area contributed by atoms with Crippen LogP contribution in [0.4, 0.5) is 5.82 Å². The molecule has 1 saturated heterocycles. The van der Waals surface area contributed by atoms with E-state index in [9.17, 15) is 0 Å². The van der Waals surface area contributed by atoms with E-state index in [1.807, 2.05) is 25.3 Å². The molecule has 2 aromatic rings. The van der Waals surface area contributed by atoms with Crippen molar-refractivity contribution in [3.63, 3.8) is 0 Å². The number of pyridine rings is 1. The Morgan fingerprint density at radius 1 is 1.29 bits per heavy atom. The molecule has 0 spiro atoms. The molecule has 0 aromatic carbocycles. The van der Waals surface area contributed by atoms with Crippen LogP contribution in [0.25, 0.3) is 0 Å². The van der Waals surface area contributed by atoms with Crippen LogP contribution in [0.1, 0.15) is 38.4 Å². The van der Waals surface area contributed by atoms with E-state index in [2.05, 4.69) is 58.0 Å². The molecule has 0 radical (unpaired) electrons. The molecule has 130 valence electrons. The van der Waals surface area contributed by atoms with Crippen molar-refractivity contribution in [2.75, 3.05) is 25.0 Å². The highest BCUT2D eigenvalue weighted by atomic mass is 15.3. The molecule has 2 aromatic heterocycles. The Hall–Kier alpha value is -1.88. The summed E-state index contributed by atoms with van der Waals surface area (Å²) in [4.78, 5) is 7.04. The Morgan fingerprint density at radius 2 is 2.12 bits per heavy atom. The van der Waals surface area contributed by atoms with E-state index in [0.717, 1.165) is 37.7 Å². The van der Waals surface area contributed by atoms with E-state index >= 15 is 0 Å². The second kappa shape index (κ2) is 6.93. The van der Waals surface area contributed by atoms with Crippen molar-refractivity contribution in [1.29, 1.82) is 0 Å².